The smallest absolute Gasteiger partial charge is 0.330 e. The summed E-state index contributed by atoms with van der Waals surface area (Å²) in [6, 6.07) is 9.87. The molecule has 0 amide bonds. The molecule has 1 aromatic heterocycles. The Morgan fingerprint density at radius 3 is 2.65 bits per heavy atom. The Balaban J connectivity index is 1.90. The number of aromatic nitrogens is 2. The minimum absolute atomic E-state index is 0.314. The molecule has 0 saturated carbocycles. The molecule has 0 saturated heterocycles. The van der Waals surface area contributed by atoms with Crippen molar-refractivity contribution in [2.75, 3.05) is 16.6 Å². The molecule has 20 heavy (non-hydrogen) atoms. The Labute approximate surface area is 119 Å². The summed E-state index contributed by atoms with van der Waals surface area (Å²) in [6.07, 6.45) is 0. The van der Waals surface area contributed by atoms with Crippen molar-refractivity contribution in [2.24, 2.45) is 0 Å². The molecule has 1 aliphatic heterocycles. The number of anilines is 1. The first-order chi connectivity index (χ1) is 9.65. The molecule has 104 valence electrons. The second kappa shape index (κ2) is 5.20. The Bertz CT molecular complexity index is 679. The molecule has 0 aliphatic carbocycles. The summed E-state index contributed by atoms with van der Waals surface area (Å²) in [7, 11) is -1.14. The van der Waals surface area contributed by atoms with Crippen molar-refractivity contribution in [1.29, 1.82) is 0 Å². The molecule has 5 nitrogen and oxygen atoms in total. The van der Waals surface area contributed by atoms with Crippen molar-refractivity contribution in [2.45, 2.75) is 13.8 Å². The molecule has 1 unspecified atom stereocenters. The quantitative estimate of drug-likeness (QED) is 0.797. The third-order valence-corrected chi connectivity index (χ3v) is 4.80. The van der Waals surface area contributed by atoms with E-state index in [9.17, 15) is 4.21 Å². The topological polar surface area (TPSA) is 59.2 Å². The van der Waals surface area contributed by atoms with Gasteiger partial charge in [0.1, 0.15) is 11.0 Å². The van der Waals surface area contributed by atoms with Crippen LogP contribution in [0.15, 0.2) is 45.9 Å². The Morgan fingerprint density at radius 1 is 1.15 bits per heavy atom. The summed E-state index contributed by atoms with van der Waals surface area (Å²) in [5.74, 6) is 0.969. The molecule has 0 radical (unpaired) electrons. The van der Waals surface area contributed by atoms with E-state index < -0.39 is 11.0 Å². The first-order valence-corrected chi connectivity index (χ1v) is 7.63. The zero-order valence-corrected chi connectivity index (χ0v) is 12.2. The average Bonchev–Trinajstić information content (AvgIpc) is 2.93. The van der Waals surface area contributed by atoms with E-state index in [-0.39, 0.29) is 0 Å². The van der Waals surface area contributed by atoms with Gasteiger partial charge in [-0.05, 0) is 26.0 Å². The van der Waals surface area contributed by atoms with Crippen LogP contribution < -0.4 is 4.31 Å². The molecule has 2 aromatic rings. The van der Waals surface area contributed by atoms with Crippen LogP contribution in [0.3, 0.4) is 0 Å². The highest BCUT2D eigenvalue weighted by atomic mass is 32.2. The Hall–Kier alpha value is -1.95. The van der Waals surface area contributed by atoms with E-state index >= 15 is 0 Å². The molecule has 0 N–H and O–H groups in total. The van der Waals surface area contributed by atoms with Gasteiger partial charge in [-0.2, -0.15) is 0 Å². The predicted molar refractivity (Wildman–Crippen MR) is 78.5 cm³/mol. The van der Waals surface area contributed by atoms with E-state index in [0.29, 0.717) is 24.2 Å². The maximum absolute atomic E-state index is 12.2. The highest BCUT2D eigenvalue weighted by Crippen LogP contribution is 2.26. The highest BCUT2D eigenvalue weighted by molar-refractivity contribution is 7.86. The first-order valence-electron chi connectivity index (χ1n) is 6.35. The highest BCUT2D eigenvalue weighted by Gasteiger charge is 2.25. The van der Waals surface area contributed by atoms with Crippen LogP contribution in [0.25, 0.3) is 11.5 Å². The molecule has 1 aromatic carbocycles. The van der Waals surface area contributed by atoms with E-state index in [0.717, 1.165) is 5.56 Å². The fourth-order valence-electron chi connectivity index (χ4n) is 1.98. The van der Waals surface area contributed by atoms with Crippen molar-refractivity contribution in [3.8, 4) is 11.5 Å². The van der Waals surface area contributed by atoms with Gasteiger partial charge in [-0.15, -0.1) is 5.10 Å². The van der Waals surface area contributed by atoms with Gasteiger partial charge in [0.25, 0.3) is 0 Å². The zero-order chi connectivity index (χ0) is 14.1. The monoisotopic (exact) mass is 289 g/mol. The summed E-state index contributed by atoms with van der Waals surface area (Å²) < 4.78 is 19.5. The SMILES string of the molecule is CC1=C(C)CS(=O)N(c2nnc(-c3ccccc3)o2)C1. The zero-order valence-electron chi connectivity index (χ0n) is 11.4. The molecule has 1 aliphatic rings. The van der Waals surface area contributed by atoms with Crippen molar-refractivity contribution in [3.63, 3.8) is 0 Å². The molecule has 6 heteroatoms. The van der Waals surface area contributed by atoms with Crippen LogP contribution >= 0.6 is 0 Å². The molecule has 2 heterocycles. The number of hydrogen-bond acceptors (Lipinski definition) is 4. The maximum atomic E-state index is 12.2. The van der Waals surface area contributed by atoms with Crippen molar-refractivity contribution < 1.29 is 8.63 Å². The van der Waals surface area contributed by atoms with Gasteiger partial charge in [0.2, 0.25) is 5.89 Å². The molecular formula is C14H15N3O2S. The lowest BCUT2D eigenvalue weighted by Crippen LogP contribution is -2.34. The second-order valence-electron chi connectivity index (χ2n) is 4.82. The van der Waals surface area contributed by atoms with Crippen molar-refractivity contribution in [3.05, 3.63) is 41.5 Å². The summed E-state index contributed by atoms with van der Waals surface area (Å²) in [6.45, 7) is 4.61. The fourth-order valence-corrected chi connectivity index (χ4v) is 3.34. The van der Waals surface area contributed by atoms with E-state index in [1.165, 1.54) is 11.1 Å². The first kappa shape index (κ1) is 13.1. The van der Waals surface area contributed by atoms with Gasteiger partial charge in [0.05, 0.1) is 12.3 Å². The molecule has 1 atom stereocenters. The van der Waals surface area contributed by atoms with E-state index in [1.54, 1.807) is 4.31 Å². The molecule has 0 fully saturated rings. The maximum Gasteiger partial charge on any atom is 0.330 e. The average molecular weight is 289 g/mol. The standard InChI is InChI=1S/C14H15N3O2S/c1-10-8-17(20(18)9-11(10)2)14-16-15-13(19-14)12-6-4-3-5-7-12/h3-7H,8-9H2,1-2H3. The summed E-state index contributed by atoms with van der Waals surface area (Å²) in [4.78, 5) is 0. The van der Waals surface area contributed by atoms with E-state index in [4.69, 9.17) is 4.42 Å². The van der Waals surface area contributed by atoms with Crippen LogP contribution in [-0.4, -0.2) is 26.7 Å². The van der Waals surface area contributed by atoms with Gasteiger partial charge < -0.3 is 4.42 Å². The molecule has 3 rings (SSSR count). The van der Waals surface area contributed by atoms with Crippen LogP contribution in [-0.2, 0) is 11.0 Å². The molecule has 0 spiro atoms. The second-order valence-corrected chi connectivity index (χ2v) is 6.19. The van der Waals surface area contributed by atoms with E-state index in [1.807, 2.05) is 44.2 Å². The summed E-state index contributed by atoms with van der Waals surface area (Å²) >= 11 is 0. The third-order valence-electron chi connectivity index (χ3n) is 3.34. The van der Waals surface area contributed by atoms with Gasteiger partial charge in [-0.3, -0.25) is 0 Å². The summed E-state index contributed by atoms with van der Waals surface area (Å²) in [5.41, 5.74) is 3.23. The van der Waals surface area contributed by atoms with Crippen LogP contribution in [0.2, 0.25) is 0 Å². The lowest BCUT2D eigenvalue weighted by molar-refractivity contribution is 0.569. The van der Waals surface area contributed by atoms with Gasteiger partial charge in [0, 0.05) is 5.56 Å². The number of nitrogens with zero attached hydrogens (tertiary/aromatic N) is 3. The van der Waals surface area contributed by atoms with Crippen molar-refractivity contribution in [1.82, 2.24) is 10.2 Å². The number of benzene rings is 1. The number of rotatable bonds is 2. The van der Waals surface area contributed by atoms with E-state index in [2.05, 4.69) is 10.2 Å². The van der Waals surface area contributed by atoms with Crippen LogP contribution in [0.4, 0.5) is 6.01 Å². The molecule has 0 bridgehead atoms. The van der Waals surface area contributed by atoms with Crippen LogP contribution in [0.1, 0.15) is 13.8 Å². The predicted octanol–water partition coefficient (Wildman–Crippen LogP) is 2.56. The molecular weight excluding hydrogens is 274 g/mol. The minimum atomic E-state index is -1.14. The lowest BCUT2D eigenvalue weighted by atomic mass is 10.2. The Kier molecular flexibility index (Phi) is 3.40. The Morgan fingerprint density at radius 2 is 1.90 bits per heavy atom. The minimum Gasteiger partial charge on any atom is -0.403 e. The van der Waals surface area contributed by atoms with Gasteiger partial charge in [0.15, 0.2) is 0 Å². The largest absolute Gasteiger partial charge is 0.403 e. The fraction of sp³-hybridized carbons (Fsp3) is 0.286. The normalized spacial score (nSPS) is 19.5. The van der Waals surface area contributed by atoms with Crippen LogP contribution in [0, 0.1) is 0 Å². The number of hydrogen-bond donors (Lipinski definition) is 0. The van der Waals surface area contributed by atoms with Gasteiger partial charge in [-0.25, -0.2) is 8.51 Å². The lowest BCUT2D eigenvalue weighted by Gasteiger charge is -2.25. The van der Waals surface area contributed by atoms with Crippen molar-refractivity contribution >= 4 is 17.0 Å². The van der Waals surface area contributed by atoms with Crippen LogP contribution in [0.5, 0.6) is 0 Å². The third kappa shape index (κ3) is 2.38. The van der Waals surface area contributed by atoms with Gasteiger partial charge >= 0.3 is 6.01 Å². The summed E-state index contributed by atoms with van der Waals surface area (Å²) in [5, 5.41) is 8.05. The van der Waals surface area contributed by atoms with Gasteiger partial charge in [-0.1, -0.05) is 34.4 Å².